The number of benzene rings is 1. The topological polar surface area (TPSA) is 99.2 Å². The number of nitro groups is 1. The highest BCUT2D eigenvalue weighted by Crippen LogP contribution is 2.22. The molecule has 19 heavy (non-hydrogen) atoms. The van der Waals surface area contributed by atoms with Crippen molar-refractivity contribution in [1.29, 1.82) is 5.26 Å². The first-order chi connectivity index (χ1) is 8.89. The Hall–Kier alpha value is -1.78. The third kappa shape index (κ3) is 4.43. The Bertz CT molecular complexity index is 511. The van der Waals surface area contributed by atoms with Crippen LogP contribution in [-0.4, -0.2) is 34.2 Å². The minimum Gasteiger partial charge on any atom is -0.387 e. The van der Waals surface area contributed by atoms with E-state index in [1.54, 1.807) is 6.92 Å². The van der Waals surface area contributed by atoms with E-state index in [1.165, 1.54) is 30.0 Å². The molecular weight excluding hydrogens is 266 g/mol. The van der Waals surface area contributed by atoms with Crippen molar-refractivity contribution in [3.63, 3.8) is 0 Å². The number of hydrogen-bond donors (Lipinski definition) is 2. The van der Waals surface area contributed by atoms with Gasteiger partial charge in [0.1, 0.15) is 6.07 Å². The lowest BCUT2D eigenvalue weighted by Crippen LogP contribution is -2.36. The molecule has 1 rings (SSSR count). The van der Waals surface area contributed by atoms with Gasteiger partial charge in [-0.25, -0.2) is 0 Å². The first-order valence-corrected chi connectivity index (χ1v) is 6.93. The van der Waals surface area contributed by atoms with Gasteiger partial charge in [0.2, 0.25) is 0 Å². The number of hydrogen-bond acceptors (Lipinski definition) is 6. The molecule has 102 valence electrons. The lowest BCUT2D eigenvalue weighted by molar-refractivity contribution is -0.384. The maximum atomic E-state index is 10.6. The third-order valence-corrected chi connectivity index (χ3v) is 3.36. The molecule has 1 aromatic carbocycles. The molecule has 7 heteroatoms. The van der Waals surface area contributed by atoms with Gasteiger partial charge in [0.15, 0.2) is 0 Å². The van der Waals surface area contributed by atoms with Crippen LogP contribution in [0.1, 0.15) is 12.5 Å². The predicted molar refractivity (Wildman–Crippen MR) is 75.3 cm³/mol. The summed E-state index contributed by atoms with van der Waals surface area (Å²) in [6, 6.07) is 5.92. The van der Waals surface area contributed by atoms with Gasteiger partial charge in [-0.2, -0.15) is 17.0 Å². The smallest absolute Gasteiger partial charge is 0.270 e. The Morgan fingerprint density at radius 3 is 2.84 bits per heavy atom. The lowest BCUT2D eigenvalue weighted by Gasteiger charge is -2.23. The fourth-order valence-electron chi connectivity index (χ4n) is 1.54. The van der Waals surface area contributed by atoms with E-state index in [2.05, 4.69) is 5.32 Å². The second kappa shape index (κ2) is 6.41. The molecule has 0 amide bonds. The first-order valence-electron chi connectivity index (χ1n) is 5.53. The molecule has 0 spiro atoms. The van der Waals surface area contributed by atoms with Crippen LogP contribution in [-0.2, 0) is 0 Å². The average Bonchev–Trinajstić information content (AvgIpc) is 2.36. The highest BCUT2D eigenvalue weighted by Gasteiger charge is 2.20. The molecule has 0 heterocycles. The van der Waals surface area contributed by atoms with Crippen molar-refractivity contribution in [1.82, 2.24) is 0 Å². The van der Waals surface area contributed by atoms with Crippen LogP contribution < -0.4 is 5.32 Å². The van der Waals surface area contributed by atoms with E-state index in [0.29, 0.717) is 11.4 Å². The highest BCUT2D eigenvalue weighted by molar-refractivity contribution is 7.98. The number of nitro benzene ring substituents is 1. The van der Waals surface area contributed by atoms with Crippen LogP contribution >= 0.6 is 11.8 Å². The minimum absolute atomic E-state index is 0.127. The second-order valence-corrected chi connectivity index (χ2v) is 5.25. The molecule has 0 unspecified atom stereocenters. The van der Waals surface area contributed by atoms with E-state index < -0.39 is 10.5 Å². The number of aliphatic hydroxyl groups is 1. The molecule has 0 aliphatic carbocycles. The zero-order chi connectivity index (χ0) is 14.5. The van der Waals surface area contributed by atoms with Crippen LogP contribution in [0.25, 0.3) is 0 Å². The van der Waals surface area contributed by atoms with Gasteiger partial charge in [0.05, 0.1) is 21.8 Å². The molecule has 2 N–H and O–H groups in total. The summed E-state index contributed by atoms with van der Waals surface area (Å²) in [5, 5.41) is 32.5. The molecular formula is C12H15N3O3S. The van der Waals surface area contributed by atoms with Gasteiger partial charge in [-0.1, -0.05) is 0 Å². The Labute approximate surface area is 115 Å². The molecule has 0 aliphatic heterocycles. The predicted octanol–water partition coefficient (Wildman–Crippen LogP) is 1.99. The number of non-ortho nitro benzene ring substituents is 1. The van der Waals surface area contributed by atoms with Crippen LogP contribution in [0.2, 0.25) is 0 Å². The fourth-order valence-corrected chi connectivity index (χ4v) is 2.26. The van der Waals surface area contributed by atoms with E-state index in [0.717, 1.165) is 0 Å². The summed E-state index contributed by atoms with van der Waals surface area (Å²) >= 11 is 1.52. The summed E-state index contributed by atoms with van der Waals surface area (Å²) in [4.78, 5) is 10.1. The Morgan fingerprint density at radius 1 is 1.63 bits per heavy atom. The van der Waals surface area contributed by atoms with Gasteiger partial charge in [0.25, 0.3) is 5.69 Å². The van der Waals surface area contributed by atoms with Crippen molar-refractivity contribution in [3.05, 3.63) is 33.9 Å². The first kappa shape index (κ1) is 15.3. The fraction of sp³-hybridized carbons (Fsp3) is 0.417. The standard InChI is InChI=1S/C12H15N3O3S/c1-12(16,8-19-2)7-14-11-4-3-10(15(17)18)5-9(11)6-13/h3-5,14,16H,7-8H2,1-2H3/t12-/m0/s1. The van der Waals surface area contributed by atoms with E-state index in [9.17, 15) is 15.2 Å². The number of nitrogens with zero attached hydrogens (tertiary/aromatic N) is 2. The number of nitriles is 1. The Balaban J connectivity index is 2.85. The zero-order valence-corrected chi connectivity index (χ0v) is 11.5. The quantitative estimate of drug-likeness (QED) is 0.611. The molecule has 0 radical (unpaired) electrons. The molecule has 0 aliphatic rings. The van der Waals surface area contributed by atoms with Gasteiger partial charge in [-0.05, 0) is 19.2 Å². The third-order valence-electron chi connectivity index (χ3n) is 2.45. The van der Waals surface area contributed by atoms with E-state index in [1.807, 2.05) is 12.3 Å². The summed E-state index contributed by atoms with van der Waals surface area (Å²) < 4.78 is 0. The molecule has 1 atom stereocenters. The van der Waals surface area contributed by atoms with Gasteiger partial charge in [-0.15, -0.1) is 0 Å². The molecule has 0 fully saturated rings. The highest BCUT2D eigenvalue weighted by atomic mass is 32.2. The van der Waals surface area contributed by atoms with E-state index in [4.69, 9.17) is 5.26 Å². The van der Waals surface area contributed by atoms with Gasteiger partial charge in [-0.3, -0.25) is 10.1 Å². The van der Waals surface area contributed by atoms with Gasteiger partial charge >= 0.3 is 0 Å². The van der Waals surface area contributed by atoms with Crippen molar-refractivity contribution < 1.29 is 10.0 Å². The number of anilines is 1. The maximum Gasteiger partial charge on any atom is 0.270 e. The van der Waals surface area contributed by atoms with Crippen molar-refractivity contribution in [2.45, 2.75) is 12.5 Å². The summed E-state index contributed by atoms with van der Waals surface area (Å²) in [6.07, 6.45) is 1.89. The van der Waals surface area contributed by atoms with Crippen LogP contribution in [0.3, 0.4) is 0 Å². The largest absolute Gasteiger partial charge is 0.387 e. The number of nitrogens with one attached hydrogen (secondary N) is 1. The van der Waals surface area contributed by atoms with Crippen molar-refractivity contribution in [3.8, 4) is 6.07 Å². The molecule has 1 aromatic rings. The summed E-state index contributed by atoms with van der Waals surface area (Å²) in [5.74, 6) is 0.550. The second-order valence-electron chi connectivity index (χ2n) is 4.38. The molecule has 0 saturated carbocycles. The zero-order valence-electron chi connectivity index (χ0n) is 10.7. The number of rotatable bonds is 6. The SMILES string of the molecule is CSC[C@@](C)(O)CNc1ccc([N+](=O)[O-])cc1C#N. The molecule has 0 bridgehead atoms. The molecule has 0 aromatic heterocycles. The van der Waals surface area contributed by atoms with E-state index in [-0.39, 0.29) is 17.8 Å². The molecule has 0 saturated heterocycles. The summed E-state index contributed by atoms with van der Waals surface area (Å²) in [6.45, 7) is 1.95. The number of thioether (sulfide) groups is 1. The van der Waals surface area contributed by atoms with Gasteiger partial charge in [0, 0.05) is 24.4 Å². The van der Waals surface area contributed by atoms with Crippen LogP contribution in [0, 0.1) is 21.4 Å². The van der Waals surface area contributed by atoms with E-state index >= 15 is 0 Å². The van der Waals surface area contributed by atoms with Crippen molar-refractivity contribution in [2.75, 3.05) is 23.9 Å². The van der Waals surface area contributed by atoms with Crippen molar-refractivity contribution in [2.24, 2.45) is 0 Å². The van der Waals surface area contributed by atoms with Crippen LogP contribution in [0.4, 0.5) is 11.4 Å². The minimum atomic E-state index is -0.909. The van der Waals surface area contributed by atoms with Crippen molar-refractivity contribution >= 4 is 23.1 Å². The Morgan fingerprint density at radius 2 is 2.32 bits per heavy atom. The van der Waals surface area contributed by atoms with Gasteiger partial charge < -0.3 is 10.4 Å². The molecule has 6 nitrogen and oxygen atoms in total. The van der Waals surface area contributed by atoms with Crippen LogP contribution in [0.15, 0.2) is 18.2 Å². The maximum absolute atomic E-state index is 10.6. The lowest BCUT2D eigenvalue weighted by atomic mass is 10.1. The van der Waals surface area contributed by atoms with Crippen LogP contribution in [0.5, 0.6) is 0 Å². The Kier molecular flexibility index (Phi) is 5.15. The average molecular weight is 281 g/mol. The normalized spacial score (nSPS) is 13.4. The summed E-state index contributed by atoms with van der Waals surface area (Å²) in [5.41, 5.74) is -0.366. The summed E-state index contributed by atoms with van der Waals surface area (Å²) in [7, 11) is 0. The monoisotopic (exact) mass is 281 g/mol.